The number of nitrogens with one attached hydrogen (secondary N) is 1. The summed E-state index contributed by atoms with van der Waals surface area (Å²) in [5.74, 6) is 0.270. The quantitative estimate of drug-likeness (QED) is 0.569. The molecule has 3 aromatic heterocycles. The molecule has 0 fully saturated rings. The lowest BCUT2D eigenvalue weighted by atomic mass is 9.86. The maximum absolute atomic E-state index is 13.2. The Balaban J connectivity index is 1.45. The molecular weight excluding hydrogens is 382 g/mol. The molecule has 30 heavy (non-hydrogen) atoms. The predicted molar refractivity (Wildman–Crippen MR) is 109 cm³/mol. The first-order valence-corrected chi connectivity index (χ1v) is 9.60. The number of carbonyl (C=O) groups is 1. The summed E-state index contributed by atoms with van der Waals surface area (Å²) in [6, 6.07) is 12.8. The first-order chi connectivity index (χ1) is 14.6. The summed E-state index contributed by atoms with van der Waals surface area (Å²) in [6.45, 7) is 1.04. The van der Waals surface area contributed by atoms with Gasteiger partial charge in [0.2, 0.25) is 5.56 Å². The number of H-pyrrole nitrogens is 1. The van der Waals surface area contributed by atoms with Crippen LogP contribution in [0.3, 0.4) is 0 Å². The molecule has 0 saturated carbocycles. The third-order valence-electron chi connectivity index (χ3n) is 5.41. The summed E-state index contributed by atoms with van der Waals surface area (Å²) in [5, 5.41) is 8.27. The molecule has 1 aliphatic heterocycles. The lowest BCUT2D eigenvalue weighted by Gasteiger charge is -2.34. The summed E-state index contributed by atoms with van der Waals surface area (Å²) in [6.07, 6.45) is 5.37. The van der Waals surface area contributed by atoms with Crippen LogP contribution in [0.2, 0.25) is 0 Å². The van der Waals surface area contributed by atoms with Crippen LogP contribution in [0, 0.1) is 0 Å². The van der Waals surface area contributed by atoms with Crippen molar-refractivity contribution >= 4 is 5.91 Å². The highest BCUT2D eigenvalue weighted by Gasteiger charge is 2.31. The molecule has 0 saturated heterocycles. The first kappa shape index (κ1) is 18.1. The van der Waals surface area contributed by atoms with Crippen molar-refractivity contribution in [2.45, 2.75) is 12.5 Å². The minimum absolute atomic E-state index is 0.0400. The molecule has 1 atom stereocenters. The fraction of sp³-hybridized carbons (Fsp3) is 0.182. The summed E-state index contributed by atoms with van der Waals surface area (Å²) >= 11 is 0. The molecular formula is C22H19N5O3. The van der Waals surface area contributed by atoms with E-state index in [1.807, 2.05) is 37.6 Å². The Morgan fingerprint density at radius 2 is 2.10 bits per heavy atom. The topological polar surface area (TPSA) is 97.0 Å². The third kappa shape index (κ3) is 3.22. The Bertz CT molecular complexity index is 1270. The van der Waals surface area contributed by atoms with E-state index in [0.717, 1.165) is 11.1 Å². The van der Waals surface area contributed by atoms with Crippen molar-refractivity contribution in [3.05, 3.63) is 93.8 Å². The molecule has 8 heteroatoms. The van der Waals surface area contributed by atoms with Gasteiger partial charge in [-0.05, 0) is 22.8 Å². The van der Waals surface area contributed by atoms with Crippen LogP contribution in [0.15, 0.2) is 70.4 Å². The van der Waals surface area contributed by atoms with Crippen LogP contribution in [0.1, 0.15) is 33.1 Å². The van der Waals surface area contributed by atoms with Gasteiger partial charge in [0.05, 0.1) is 6.20 Å². The molecule has 1 amide bonds. The largest absolute Gasteiger partial charge is 0.355 e. The first-order valence-electron chi connectivity index (χ1n) is 9.60. The number of amides is 1. The number of fused-ring (bicyclic) bond motifs is 1. The van der Waals surface area contributed by atoms with E-state index in [-0.39, 0.29) is 23.1 Å². The predicted octanol–water partition coefficient (Wildman–Crippen LogP) is 2.55. The second-order valence-electron chi connectivity index (χ2n) is 7.40. The number of aromatic nitrogens is 4. The number of rotatable bonds is 3. The minimum Gasteiger partial charge on any atom is -0.355 e. The third-order valence-corrected chi connectivity index (χ3v) is 5.41. The van der Waals surface area contributed by atoms with Crippen LogP contribution in [0.25, 0.3) is 11.3 Å². The Morgan fingerprint density at radius 3 is 2.87 bits per heavy atom. The highest BCUT2D eigenvalue weighted by atomic mass is 16.5. The van der Waals surface area contributed by atoms with E-state index in [0.29, 0.717) is 24.4 Å². The Kier molecular flexibility index (Phi) is 4.31. The lowest BCUT2D eigenvalue weighted by molar-refractivity contribution is 0.0714. The molecule has 4 aromatic rings. The van der Waals surface area contributed by atoms with Gasteiger partial charge < -0.3 is 14.4 Å². The number of nitrogens with zero attached hydrogens (tertiary/aromatic N) is 4. The molecule has 1 aromatic carbocycles. The number of benzene rings is 1. The molecule has 8 nitrogen and oxygen atoms in total. The molecule has 4 heterocycles. The fourth-order valence-corrected chi connectivity index (χ4v) is 3.90. The van der Waals surface area contributed by atoms with Crippen molar-refractivity contribution in [2.24, 2.45) is 7.05 Å². The normalized spacial score (nSPS) is 15.8. The lowest BCUT2D eigenvalue weighted by Crippen LogP contribution is -2.38. The second kappa shape index (κ2) is 7.14. The van der Waals surface area contributed by atoms with Gasteiger partial charge in [-0.1, -0.05) is 29.4 Å². The Labute approximate surface area is 171 Å². The van der Waals surface area contributed by atoms with Crippen LogP contribution >= 0.6 is 0 Å². The number of carbonyl (C=O) groups excluding carboxylic acids is 1. The van der Waals surface area contributed by atoms with Gasteiger partial charge in [-0.3, -0.25) is 14.3 Å². The number of hydrogen-bond acceptors (Lipinski definition) is 5. The van der Waals surface area contributed by atoms with Crippen LogP contribution < -0.4 is 5.56 Å². The zero-order chi connectivity index (χ0) is 20.7. The molecule has 0 spiro atoms. The van der Waals surface area contributed by atoms with Gasteiger partial charge in [0.25, 0.3) is 5.91 Å². The van der Waals surface area contributed by atoms with E-state index in [9.17, 15) is 9.59 Å². The maximum Gasteiger partial charge on any atom is 0.276 e. The smallest absolute Gasteiger partial charge is 0.276 e. The Morgan fingerprint density at radius 1 is 1.23 bits per heavy atom. The highest BCUT2D eigenvalue weighted by molar-refractivity contribution is 5.93. The standard InChI is InChI=1S/C22H19N5O3/c1-26-11-16(10-24-26)18-13-27(12-15-4-2-3-5-17(15)18)22(29)19-8-20(30-25-19)14-6-7-21(28)23-9-14/h2-11,18H,12-13H2,1H3,(H,23,28). The molecule has 5 rings (SSSR count). The molecule has 150 valence electrons. The van der Waals surface area contributed by atoms with Crippen molar-refractivity contribution in [3.63, 3.8) is 0 Å². The van der Waals surface area contributed by atoms with Gasteiger partial charge in [-0.15, -0.1) is 0 Å². The van der Waals surface area contributed by atoms with E-state index < -0.39 is 0 Å². The summed E-state index contributed by atoms with van der Waals surface area (Å²) in [4.78, 5) is 28.8. The van der Waals surface area contributed by atoms with Crippen molar-refractivity contribution in [2.75, 3.05) is 6.54 Å². The maximum atomic E-state index is 13.2. The summed E-state index contributed by atoms with van der Waals surface area (Å²) in [7, 11) is 1.88. The van der Waals surface area contributed by atoms with E-state index >= 15 is 0 Å². The number of aryl methyl sites for hydroxylation is 1. The van der Waals surface area contributed by atoms with E-state index in [1.165, 1.54) is 17.8 Å². The highest BCUT2D eigenvalue weighted by Crippen LogP contribution is 2.34. The van der Waals surface area contributed by atoms with Crippen molar-refractivity contribution < 1.29 is 9.32 Å². The van der Waals surface area contributed by atoms with Crippen LogP contribution in [0.5, 0.6) is 0 Å². The van der Waals surface area contributed by atoms with Gasteiger partial charge in [-0.25, -0.2) is 0 Å². The SMILES string of the molecule is Cn1cc(C2CN(C(=O)c3cc(-c4ccc(=O)[nH]c4)on3)Cc3ccccc32)cn1. The second-order valence-corrected chi connectivity index (χ2v) is 7.40. The zero-order valence-corrected chi connectivity index (χ0v) is 16.3. The molecule has 0 aliphatic carbocycles. The number of hydrogen-bond donors (Lipinski definition) is 1. The van der Waals surface area contributed by atoms with Gasteiger partial charge in [0.15, 0.2) is 11.5 Å². The molecule has 1 aliphatic rings. The zero-order valence-electron chi connectivity index (χ0n) is 16.3. The molecule has 1 unspecified atom stereocenters. The van der Waals surface area contributed by atoms with Crippen molar-refractivity contribution in [3.8, 4) is 11.3 Å². The van der Waals surface area contributed by atoms with Crippen LogP contribution in [0.4, 0.5) is 0 Å². The van der Waals surface area contributed by atoms with Crippen LogP contribution in [-0.2, 0) is 13.6 Å². The van der Waals surface area contributed by atoms with E-state index in [2.05, 4.69) is 21.3 Å². The summed E-state index contributed by atoms with van der Waals surface area (Å²) < 4.78 is 7.12. The minimum atomic E-state index is -0.206. The number of aromatic amines is 1. The van der Waals surface area contributed by atoms with Crippen molar-refractivity contribution in [1.29, 1.82) is 0 Å². The molecule has 0 radical (unpaired) electrons. The van der Waals surface area contributed by atoms with E-state index in [1.54, 1.807) is 21.7 Å². The molecule has 0 bridgehead atoms. The average Bonchev–Trinajstić information content (AvgIpc) is 3.42. The number of pyridine rings is 1. The van der Waals surface area contributed by atoms with E-state index in [4.69, 9.17) is 4.52 Å². The van der Waals surface area contributed by atoms with Gasteiger partial charge in [-0.2, -0.15) is 5.10 Å². The average molecular weight is 401 g/mol. The van der Waals surface area contributed by atoms with Crippen molar-refractivity contribution in [1.82, 2.24) is 24.8 Å². The van der Waals surface area contributed by atoms with Gasteiger partial charge >= 0.3 is 0 Å². The van der Waals surface area contributed by atoms with Gasteiger partial charge in [0.1, 0.15) is 0 Å². The Hall–Kier alpha value is -3.94. The van der Waals surface area contributed by atoms with Gasteiger partial charge in [0, 0.05) is 56.1 Å². The fourth-order valence-electron chi connectivity index (χ4n) is 3.90. The van der Waals surface area contributed by atoms with Crippen LogP contribution in [-0.4, -0.2) is 37.3 Å². The summed E-state index contributed by atoms with van der Waals surface area (Å²) in [5.41, 5.74) is 4.07. The monoisotopic (exact) mass is 401 g/mol. The molecule has 1 N–H and O–H groups in total.